The van der Waals surface area contributed by atoms with Gasteiger partial charge in [-0.25, -0.2) is 0 Å². The Labute approximate surface area is 138 Å². The Hall–Kier alpha value is -1.77. The summed E-state index contributed by atoms with van der Waals surface area (Å²) in [6, 6.07) is 6.35. The summed E-state index contributed by atoms with van der Waals surface area (Å²) >= 11 is 11.7. The van der Waals surface area contributed by atoms with Gasteiger partial charge in [-0.1, -0.05) is 23.2 Å². The molecule has 7 heteroatoms. The molecule has 2 rings (SSSR count). The van der Waals surface area contributed by atoms with Crippen molar-refractivity contribution in [1.82, 2.24) is 4.90 Å². The van der Waals surface area contributed by atoms with Crippen LogP contribution >= 0.6 is 23.2 Å². The number of hydrogen-bond donors (Lipinski definition) is 0. The molecule has 0 aromatic heterocycles. The summed E-state index contributed by atoms with van der Waals surface area (Å²) in [7, 11) is 0. The van der Waals surface area contributed by atoms with Crippen molar-refractivity contribution in [3.63, 3.8) is 0 Å². The second-order valence-electron chi connectivity index (χ2n) is 4.92. The molecule has 1 aliphatic rings. The van der Waals surface area contributed by atoms with Crippen LogP contribution in [0.4, 0.5) is 0 Å². The van der Waals surface area contributed by atoms with Crippen molar-refractivity contribution in [2.75, 3.05) is 19.7 Å². The fourth-order valence-electron chi connectivity index (χ4n) is 2.21. The number of Topliss-reactive ketones (excluding diaryl/α,β-unsaturated/α-hetero) is 1. The largest absolute Gasteiger partial charge is 0.484 e. The number of nitrogens with zero attached hydrogens (tertiary/aromatic N) is 2. The van der Waals surface area contributed by atoms with Gasteiger partial charge < -0.3 is 9.64 Å². The quantitative estimate of drug-likeness (QED) is 0.772. The van der Waals surface area contributed by atoms with E-state index in [0.717, 1.165) is 12.8 Å². The number of amides is 1. The maximum absolute atomic E-state index is 12.1. The van der Waals surface area contributed by atoms with Crippen molar-refractivity contribution in [2.24, 2.45) is 5.92 Å². The van der Waals surface area contributed by atoms with E-state index in [0.29, 0.717) is 18.1 Å². The summed E-state index contributed by atoms with van der Waals surface area (Å²) in [5, 5.41) is 9.81. The highest BCUT2D eigenvalue weighted by atomic mass is 35.5. The molecule has 1 aromatic carbocycles. The average molecular weight is 341 g/mol. The van der Waals surface area contributed by atoms with Gasteiger partial charge in [-0.15, -0.1) is 0 Å². The van der Waals surface area contributed by atoms with Gasteiger partial charge in [0.25, 0.3) is 0 Å². The van der Waals surface area contributed by atoms with Crippen LogP contribution in [0.2, 0.25) is 10.0 Å². The predicted octanol–water partition coefficient (Wildman–Crippen LogP) is 2.70. The first-order valence-electron chi connectivity index (χ1n) is 6.82. The lowest BCUT2D eigenvalue weighted by atomic mass is 10.1. The van der Waals surface area contributed by atoms with Crippen LogP contribution in [0.25, 0.3) is 0 Å². The van der Waals surface area contributed by atoms with Crippen LogP contribution in [0.5, 0.6) is 5.75 Å². The second-order valence-corrected chi connectivity index (χ2v) is 5.77. The summed E-state index contributed by atoms with van der Waals surface area (Å²) in [6.07, 6.45) is 1.80. The molecule has 0 aliphatic carbocycles. The SMILES string of the molecule is N#CC(C(=O)COc1ccc(Cl)cc1Cl)C(=O)N1CCCC1. The fourth-order valence-corrected chi connectivity index (χ4v) is 2.67. The molecule has 1 heterocycles. The van der Waals surface area contributed by atoms with E-state index in [1.54, 1.807) is 17.0 Å². The lowest BCUT2D eigenvalue weighted by molar-refractivity contribution is -0.138. The maximum atomic E-state index is 12.1. The zero-order chi connectivity index (χ0) is 16.1. The van der Waals surface area contributed by atoms with Gasteiger partial charge in [-0.3, -0.25) is 9.59 Å². The molecule has 1 saturated heterocycles. The molecule has 1 aliphatic heterocycles. The number of rotatable bonds is 5. The fraction of sp³-hybridized carbons (Fsp3) is 0.400. The van der Waals surface area contributed by atoms with E-state index < -0.39 is 17.6 Å². The summed E-state index contributed by atoms with van der Waals surface area (Å²) in [5.74, 6) is -2.07. The number of carbonyl (C=O) groups is 2. The predicted molar refractivity (Wildman–Crippen MR) is 81.9 cm³/mol. The number of carbonyl (C=O) groups excluding carboxylic acids is 2. The van der Waals surface area contributed by atoms with E-state index >= 15 is 0 Å². The number of ether oxygens (including phenoxy) is 1. The normalized spacial score (nSPS) is 15.2. The van der Waals surface area contributed by atoms with Gasteiger partial charge in [-0.2, -0.15) is 5.26 Å². The molecule has 1 unspecified atom stereocenters. The molecular formula is C15H14Cl2N2O3. The van der Waals surface area contributed by atoms with E-state index in [4.69, 9.17) is 33.2 Å². The number of likely N-dealkylation sites (tertiary alicyclic amines) is 1. The molecular weight excluding hydrogens is 327 g/mol. The molecule has 1 amide bonds. The Balaban J connectivity index is 1.97. The first-order chi connectivity index (χ1) is 10.5. The van der Waals surface area contributed by atoms with E-state index in [2.05, 4.69) is 0 Å². The third kappa shape index (κ3) is 3.90. The lowest BCUT2D eigenvalue weighted by Crippen LogP contribution is -2.38. The van der Waals surface area contributed by atoms with E-state index in [1.807, 2.05) is 0 Å². The Morgan fingerprint density at radius 1 is 1.32 bits per heavy atom. The molecule has 1 atom stereocenters. The lowest BCUT2D eigenvalue weighted by Gasteiger charge is -2.18. The topological polar surface area (TPSA) is 70.4 Å². The Kier molecular flexibility index (Phi) is 5.64. The molecule has 0 N–H and O–H groups in total. The van der Waals surface area contributed by atoms with Gasteiger partial charge in [0, 0.05) is 18.1 Å². The van der Waals surface area contributed by atoms with Crippen molar-refractivity contribution in [3.8, 4) is 11.8 Å². The summed E-state index contributed by atoms with van der Waals surface area (Å²) in [6.45, 7) is 0.793. The third-order valence-electron chi connectivity index (χ3n) is 3.38. The van der Waals surface area contributed by atoms with Crippen molar-refractivity contribution in [2.45, 2.75) is 12.8 Å². The van der Waals surface area contributed by atoms with Crippen molar-refractivity contribution in [1.29, 1.82) is 5.26 Å². The number of nitriles is 1. The third-order valence-corrected chi connectivity index (χ3v) is 3.91. The van der Waals surface area contributed by atoms with Crippen LogP contribution in [0.3, 0.4) is 0 Å². The summed E-state index contributed by atoms with van der Waals surface area (Å²) < 4.78 is 5.29. The van der Waals surface area contributed by atoms with Crippen LogP contribution in [0.15, 0.2) is 18.2 Å². The molecule has 22 heavy (non-hydrogen) atoms. The molecule has 1 fully saturated rings. The first-order valence-corrected chi connectivity index (χ1v) is 7.57. The minimum atomic E-state index is -1.33. The molecule has 0 bridgehead atoms. The highest BCUT2D eigenvalue weighted by Gasteiger charge is 2.32. The average Bonchev–Trinajstić information content (AvgIpc) is 3.01. The maximum Gasteiger partial charge on any atom is 0.247 e. The summed E-state index contributed by atoms with van der Waals surface area (Å²) in [4.78, 5) is 25.7. The van der Waals surface area contributed by atoms with Crippen LogP contribution in [0.1, 0.15) is 12.8 Å². The van der Waals surface area contributed by atoms with E-state index in [-0.39, 0.29) is 17.4 Å². The second kappa shape index (κ2) is 7.48. The van der Waals surface area contributed by atoms with Crippen LogP contribution in [-0.2, 0) is 9.59 Å². The summed E-state index contributed by atoms with van der Waals surface area (Å²) in [5.41, 5.74) is 0. The molecule has 116 valence electrons. The van der Waals surface area contributed by atoms with Crippen LogP contribution in [0, 0.1) is 17.2 Å². The zero-order valence-corrected chi connectivity index (χ0v) is 13.2. The van der Waals surface area contributed by atoms with Gasteiger partial charge in [0.1, 0.15) is 12.4 Å². The highest BCUT2D eigenvalue weighted by molar-refractivity contribution is 6.35. The smallest absolute Gasteiger partial charge is 0.247 e. The number of ketones is 1. The van der Waals surface area contributed by atoms with Crippen molar-refractivity contribution in [3.05, 3.63) is 28.2 Å². The van der Waals surface area contributed by atoms with Crippen LogP contribution < -0.4 is 4.74 Å². The van der Waals surface area contributed by atoms with Crippen LogP contribution in [-0.4, -0.2) is 36.3 Å². The monoisotopic (exact) mass is 340 g/mol. The number of halogens is 2. The van der Waals surface area contributed by atoms with Gasteiger partial charge in [-0.05, 0) is 31.0 Å². The molecule has 0 spiro atoms. The molecule has 5 nitrogen and oxygen atoms in total. The van der Waals surface area contributed by atoms with E-state index in [9.17, 15) is 9.59 Å². The van der Waals surface area contributed by atoms with Crippen molar-refractivity contribution >= 4 is 34.9 Å². The first kappa shape index (κ1) is 16.6. The standard InChI is InChI=1S/C15H14Cl2N2O3/c16-10-3-4-14(12(17)7-10)22-9-13(20)11(8-18)15(21)19-5-1-2-6-19/h3-4,7,11H,1-2,5-6,9H2. The molecule has 1 aromatic rings. The van der Waals surface area contributed by atoms with Gasteiger partial charge in [0.15, 0.2) is 11.7 Å². The minimum Gasteiger partial charge on any atom is -0.484 e. The minimum absolute atomic E-state index is 0.264. The Bertz CT molecular complexity index is 622. The van der Waals surface area contributed by atoms with Crippen molar-refractivity contribution < 1.29 is 14.3 Å². The zero-order valence-electron chi connectivity index (χ0n) is 11.7. The molecule has 0 saturated carbocycles. The van der Waals surface area contributed by atoms with Gasteiger partial charge >= 0.3 is 0 Å². The highest BCUT2D eigenvalue weighted by Crippen LogP contribution is 2.27. The Morgan fingerprint density at radius 2 is 2.00 bits per heavy atom. The number of hydrogen-bond acceptors (Lipinski definition) is 4. The van der Waals surface area contributed by atoms with Gasteiger partial charge in [0.2, 0.25) is 5.91 Å². The van der Waals surface area contributed by atoms with E-state index in [1.165, 1.54) is 12.1 Å². The van der Waals surface area contributed by atoms with Gasteiger partial charge in [0.05, 0.1) is 11.1 Å². The molecule has 0 radical (unpaired) electrons. The number of benzene rings is 1. The Morgan fingerprint density at radius 3 is 2.59 bits per heavy atom.